The smallest absolute Gasteiger partial charge is 0.227 e. The average Bonchev–Trinajstić information content (AvgIpc) is 3.35. The van der Waals surface area contributed by atoms with Crippen LogP contribution >= 0.6 is 0 Å². The molecule has 0 bridgehead atoms. The summed E-state index contributed by atoms with van der Waals surface area (Å²) in [5.74, 6) is 0.0309. The fraction of sp³-hybridized carbons (Fsp3) is 0.588. The minimum atomic E-state index is -0.171. The fourth-order valence-electron chi connectivity index (χ4n) is 3.17. The molecule has 1 aliphatic heterocycles. The highest BCUT2D eigenvalue weighted by molar-refractivity contribution is 5.87. The van der Waals surface area contributed by atoms with Crippen LogP contribution in [-0.4, -0.2) is 46.2 Å². The number of pyridine rings is 1. The molecule has 2 heterocycles. The third-order valence-corrected chi connectivity index (χ3v) is 4.74. The molecular weight excluding hydrogens is 278 g/mol. The molecule has 0 radical (unpaired) electrons. The second-order valence-corrected chi connectivity index (χ2v) is 6.41. The Hall–Kier alpha value is -1.91. The van der Waals surface area contributed by atoms with Gasteiger partial charge in [-0.3, -0.25) is 14.6 Å². The third kappa shape index (κ3) is 2.98. The number of likely N-dealkylation sites (tertiary alicyclic amines) is 1. The Morgan fingerprint density at radius 1 is 1.36 bits per heavy atom. The predicted octanol–water partition coefficient (Wildman–Crippen LogP) is 2.00. The van der Waals surface area contributed by atoms with Crippen LogP contribution in [0.3, 0.4) is 0 Å². The van der Waals surface area contributed by atoms with Gasteiger partial charge in [-0.2, -0.15) is 0 Å². The minimum absolute atomic E-state index is 0.0315. The highest BCUT2D eigenvalue weighted by Gasteiger charge is 2.41. The van der Waals surface area contributed by atoms with E-state index in [4.69, 9.17) is 0 Å². The van der Waals surface area contributed by atoms with Gasteiger partial charge in [-0.25, -0.2) is 0 Å². The summed E-state index contributed by atoms with van der Waals surface area (Å²) in [7, 11) is 1.80. The monoisotopic (exact) mass is 301 g/mol. The second-order valence-electron chi connectivity index (χ2n) is 6.41. The van der Waals surface area contributed by atoms with Crippen molar-refractivity contribution < 1.29 is 9.59 Å². The van der Waals surface area contributed by atoms with Crippen LogP contribution in [0.2, 0.25) is 0 Å². The van der Waals surface area contributed by atoms with E-state index in [0.717, 1.165) is 25.0 Å². The van der Waals surface area contributed by atoms with Gasteiger partial charge in [0.15, 0.2) is 0 Å². The van der Waals surface area contributed by atoms with E-state index in [2.05, 4.69) is 4.98 Å². The Bertz CT molecular complexity index is 556. The first kappa shape index (κ1) is 15.0. The van der Waals surface area contributed by atoms with Gasteiger partial charge in [0.05, 0.1) is 11.7 Å². The average molecular weight is 301 g/mol. The lowest BCUT2D eigenvalue weighted by atomic mass is 9.94. The Morgan fingerprint density at radius 3 is 2.73 bits per heavy atom. The molecule has 1 aliphatic carbocycles. The van der Waals surface area contributed by atoms with E-state index < -0.39 is 0 Å². The van der Waals surface area contributed by atoms with Crippen molar-refractivity contribution >= 4 is 11.8 Å². The first-order chi connectivity index (χ1) is 10.6. The molecule has 0 N–H and O–H groups in total. The van der Waals surface area contributed by atoms with Gasteiger partial charge in [0.2, 0.25) is 11.8 Å². The molecule has 1 aromatic heterocycles. The molecule has 5 heteroatoms. The van der Waals surface area contributed by atoms with Gasteiger partial charge in [-0.1, -0.05) is 6.07 Å². The van der Waals surface area contributed by atoms with Crippen molar-refractivity contribution in [3.8, 4) is 0 Å². The molecule has 2 amide bonds. The van der Waals surface area contributed by atoms with Gasteiger partial charge < -0.3 is 9.80 Å². The zero-order chi connectivity index (χ0) is 15.7. The molecule has 2 aliphatic rings. The maximum atomic E-state index is 13.0. The number of hydrogen-bond donors (Lipinski definition) is 0. The predicted molar refractivity (Wildman–Crippen MR) is 82.9 cm³/mol. The number of rotatable bonds is 4. The van der Waals surface area contributed by atoms with Crippen LogP contribution in [0.25, 0.3) is 0 Å². The molecule has 2 fully saturated rings. The van der Waals surface area contributed by atoms with Gasteiger partial charge >= 0.3 is 0 Å². The quantitative estimate of drug-likeness (QED) is 0.855. The normalized spacial score (nSPS) is 23.3. The minimum Gasteiger partial charge on any atom is -0.346 e. The van der Waals surface area contributed by atoms with Crippen LogP contribution in [0, 0.1) is 5.92 Å². The fourth-order valence-corrected chi connectivity index (χ4v) is 3.17. The summed E-state index contributed by atoms with van der Waals surface area (Å²) in [6.45, 7) is 2.71. The van der Waals surface area contributed by atoms with Crippen LogP contribution in [0.15, 0.2) is 24.4 Å². The summed E-state index contributed by atoms with van der Waals surface area (Å²) in [4.78, 5) is 33.0. The Balaban J connectivity index is 1.76. The van der Waals surface area contributed by atoms with Crippen LogP contribution in [-0.2, 0) is 9.59 Å². The summed E-state index contributed by atoms with van der Waals surface area (Å²) < 4.78 is 0. The molecule has 1 saturated heterocycles. The third-order valence-electron chi connectivity index (χ3n) is 4.74. The number of piperidine rings is 1. The Labute approximate surface area is 131 Å². The summed E-state index contributed by atoms with van der Waals surface area (Å²) in [6, 6.07) is 6.09. The summed E-state index contributed by atoms with van der Waals surface area (Å²) in [5, 5.41) is 0. The SMILES string of the molecule is C[C@@H](c1ccccn1)N(C(=O)[C@@H]1CCN(C)C(=O)C1)C1CC1. The largest absolute Gasteiger partial charge is 0.346 e. The molecule has 118 valence electrons. The van der Waals surface area contributed by atoms with Gasteiger partial charge in [0.25, 0.3) is 0 Å². The van der Waals surface area contributed by atoms with E-state index in [-0.39, 0.29) is 23.8 Å². The highest BCUT2D eigenvalue weighted by atomic mass is 16.2. The van der Waals surface area contributed by atoms with E-state index in [1.165, 1.54) is 0 Å². The standard InChI is InChI=1S/C17H23N3O2/c1-12(15-5-3-4-9-18-15)20(14-6-7-14)17(22)13-8-10-19(2)16(21)11-13/h3-5,9,12-14H,6-8,10-11H2,1-2H3/t12-,13+/m0/s1. The number of amides is 2. The van der Waals surface area contributed by atoms with Crippen LogP contribution in [0.4, 0.5) is 0 Å². The molecule has 0 aromatic carbocycles. The van der Waals surface area contributed by atoms with Crippen molar-refractivity contribution in [3.05, 3.63) is 30.1 Å². The van der Waals surface area contributed by atoms with E-state index in [1.54, 1.807) is 18.1 Å². The number of aromatic nitrogens is 1. The molecule has 22 heavy (non-hydrogen) atoms. The zero-order valence-corrected chi connectivity index (χ0v) is 13.2. The van der Waals surface area contributed by atoms with E-state index in [0.29, 0.717) is 19.0 Å². The summed E-state index contributed by atoms with van der Waals surface area (Å²) in [6.07, 6.45) is 4.99. The molecule has 1 aromatic rings. The molecule has 0 unspecified atom stereocenters. The van der Waals surface area contributed by atoms with Crippen molar-refractivity contribution in [2.45, 2.75) is 44.7 Å². The maximum Gasteiger partial charge on any atom is 0.227 e. The molecule has 5 nitrogen and oxygen atoms in total. The zero-order valence-electron chi connectivity index (χ0n) is 13.2. The van der Waals surface area contributed by atoms with Gasteiger partial charge in [0.1, 0.15) is 0 Å². The van der Waals surface area contributed by atoms with Gasteiger partial charge in [-0.15, -0.1) is 0 Å². The van der Waals surface area contributed by atoms with Crippen LogP contribution in [0.5, 0.6) is 0 Å². The lowest BCUT2D eigenvalue weighted by Crippen LogP contribution is -2.45. The van der Waals surface area contributed by atoms with Crippen LogP contribution in [0.1, 0.15) is 44.3 Å². The van der Waals surface area contributed by atoms with Crippen molar-refractivity contribution in [3.63, 3.8) is 0 Å². The van der Waals surface area contributed by atoms with E-state index in [1.807, 2.05) is 30.0 Å². The maximum absolute atomic E-state index is 13.0. The lowest BCUT2D eigenvalue weighted by molar-refractivity contribution is -0.146. The first-order valence-corrected chi connectivity index (χ1v) is 8.05. The van der Waals surface area contributed by atoms with Crippen molar-refractivity contribution in [1.82, 2.24) is 14.8 Å². The molecule has 1 saturated carbocycles. The van der Waals surface area contributed by atoms with Crippen molar-refractivity contribution in [2.24, 2.45) is 5.92 Å². The Morgan fingerprint density at radius 2 is 2.14 bits per heavy atom. The topological polar surface area (TPSA) is 53.5 Å². The number of carbonyl (C=O) groups excluding carboxylic acids is 2. The molecule has 0 spiro atoms. The summed E-state index contributed by atoms with van der Waals surface area (Å²) in [5.41, 5.74) is 0.919. The van der Waals surface area contributed by atoms with Crippen molar-refractivity contribution in [2.75, 3.05) is 13.6 Å². The van der Waals surface area contributed by atoms with Gasteiger partial charge in [-0.05, 0) is 38.3 Å². The van der Waals surface area contributed by atoms with E-state index in [9.17, 15) is 9.59 Å². The first-order valence-electron chi connectivity index (χ1n) is 8.05. The number of hydrogen-bond acceptors (Lipinski definition) is 3. The van der Waals surface area contributed by atoms with Crippen LogP contribution < -0.4 is 0 Å². The second kappa shape index (κ2) is 6.07. The molecule has 3 rings (SSSR count). The summed E-state index contributed by atoms with van der Waals surface area (Å²) >= 11 is 0. The highest BCUT2D eigenvalue weighted by Crippen LogP contribution is 2.36. The Kier molecular flexibility index (Phi) is 4.14. The number of carbonyl (C=O) groups is 2. The van der Waals surface area contributed by atoms with Crippen molar-refractivity contribution in [1.29, 1.82) is 0 Å². The molecule has 2 atom stereocenters. The van der Waals surface area contributed by atoms with Gasteiger partial charge in [0, 0.05) is 38.2 Å². The lowest BCUT2D eigenvalue weighted by Gasteiger charge is -2.35. The number of nitrogens with zero attached hydrogens (tertiary/aromatic N) is 3. The van der Waals surface area contributed by atoms with E-state index >= 15 is 0 Å². The molecular formula is C17H23N3O2.